The highest BCUT2D eigenvalue weighted by Crippen LogP contribution is 2.19. The molecule has 104 valence electrons. The summed E-state index contributed by atoms with van der Waals surface area (Å²) in [6.45, 7) is 2.57. The first-order valence-corrected chi connectivity index (χ1v) is 7.14. The van der Waals surface area contributed by atoms with E-state index in [0.29, 0.717) is 18.1 Å². The third-order valence-corrected chi connectivity index (χ3v) is 3.87. The van der Waals surface area contributed by atoms with Crippen molar-refractivity contribution in [2.24, 2.45) is 0 Å². The number of aromatic nitrogens is 3. The third kappa shape index (κ3) is 3.46. The van der Waals surface area contributed by atoms with Gasteiger partial charge in [0.1, 0.15) is 5.82 Å². The topological polar surface area (TPSA) is 97.1 Å². The summed E-state index contributed by atoms with van der Waals surface area (Å²) in [7, 11) is 0. The normalized spacial score (nSPS) is 18.6. The van der Waals surface area contributed by atoms with E-state index in [0.717, 1.165) is 30.4 Å². The number of carboxylic acids is 1. The van der Waals surface area contributed by atoms with Crippen LogP contribution in [0.15, 0.2) is 5.16 Å². The molecular weight excluding hydrogens is 268 g/mol. The SMILES string of the molecule is CCc1nnc(SCC(=O)O)n1CC1CCC(=O)N1. The Morgan fingerprint density at radius 3 is 2.95 bits per heavy atom. The Kier molecular flexibility index (Phi) is 4.41. The van der Waals surface area contributed by atoms with Gasteiger partial charge in [-0.3, -0.25) is 9.59 Å². The molecule has 0 saturated carbocycles. The lowest BCUT2D eigenvalue weighted by atomic mass is 10.2. The maximum absolute atomic E-state index is 11.2. The standard InChI is InChI=1S/C11H16N4O3S/c1-2-8-13-14-11(19-6-10(17)18)15(8)5-7-3-4-9(16)12-7/h7H,2-6H2,1H3,(H,12,16)(H,17,18). The van der Waals surface area contributed by atoms with E-state index in [1.54, 1.807) is 0 Å². The van der Waals surface area contributed by atoms with Crippen LogP contribution in [0.2, 0.25) is 0 Å². The number of aryl methyl sites for hydroxylation is 1. The molecule has 0 bridgehead atoms. The van der Waals surface area contributed by atoms with Crippen LogP contribution in [-0.4, -0.2) is 43.5 Å². The maximum atomic E-state index is 11.2. The smallest absolute Gasteiger partial charge is 0.313 e. The van der Waals surface area contributed by atoms with Crippen LogP contribution in [0.3, 0.4) is 0 Å². The molecule has 1 amide bonds. The largest absolute Gasteiger partial charge is 0.481 e. The van der Waals surface area contributed by atoms with Crippen LogP contribution >= 0.6 is 11.8 Å². The average molecular weight is 284 g/mol. The predicted octanol–water partition coefficient (Wildman–Crippen LogP) is 0.296. The number of hydrogen-bond donors (Lipinski definition) is 2. The first-order chi connectivity index (χ1) is 9.10. The number of hydrogen-bond acceptors (Lipinski definition) is 5. The summed E-state index contributed by atoms with van der Waals surface area (Å²) in [5.74, 6) is -0.0459. The molecule has 2 N–H and O–H groups in total. The van der Waals surface area contributed by atoms with E-state index in [4.69, 9.17) is 5.11 Å². The van der Waals surface area contributed by atoms with Gasteiger partial charge in [-0.15, -0.1) is 10.2 Å². The number of carboxylic acid groups (broad SMARTS) is 1. The first kappa shape index (κ1) is 13.9. The van der Waals surface area contributed by atoms with Crippen LogP contribution in [-0.2, 0) is 22.6 Å². The fourth-order valence-corrected chi connectivity index (χ4v) is 2.72. The van der Waals surface area contributed by atoms with Crippen molar-refractivity contribution in [3.63, 3.8) is 0 Å². The minimum Gasteiger partial charge on any atom is -0.481 e. The van der Waals surface area contributed by atoms with E-state index in [1.807, 2.05) is 11.5 Å². The van der Waals surface area contributed by atoms with Crippen molar-refractivity contribution in [3.05, 3.63) is 5.82 Å². The fraction of sp³-hybridized carbons (Fsp3) is 0.636. The van der Waals surface area contributed by atoms with Crippen molar-refractivity contribution < 1.29 is 14.7 Å². The van der Waals surface area contributed by atoms with E-state index in [2.05, 4.69) is 15.5 Å². The summed E-state index contributed by atoms with van der Waals surface area (Å²) in [4.78, 5) is 21.8. The molecule has 2 rings (SSSR count). The molecule has 7 nitrogen and oxygen atoms in total. The summed E-state index contributed by atoms with van der Waals surface area (Å²) in [5, 5.41) is 20.3. The molecule has 1 aromatic heterocycles. The fourth-order valence-electron chi connectivity index (χ4n) is 2.03. The number of amides is 1. The molecule has 1 unspecified atom stereocenters. The van der Waals surface area contributed by atoms with Crippen LogP contribution in [0.1, 0.15) is 25.6 Å². The predicted molar refractivity (Wildman–Crippen MR) is 68.9 cm³/mol. The van der Waals surface area contributed by atoms with Gasteiger partial charge in [-0.1, -0.05) is 18.7 Å². The molecule has 1 aliphatic rings. The Morgan fingerprint density at radius 1 is 1.58 bits per heavy atom. The third-order valence-electron chi connectivity index (χ3n) is 2.92. The van der Waals surface area contributed by atoms with Crippen molar-refractivity contribution in [1.82, 2.24) is 20.1 Å². The van der Waals surface area contributed by atoms with Gasteiger partial charge < -0.3 is 15.0 Å². The summed E-state index contributed by atoms with van der Waals surface area (Å²) in [6.07, 6.45) is 2.07. The van der Waals surface area contributed by atoms with E-state index < -0.39 is 5.97 Å². The maximum Gasteiger partial charge on any atom is 0.313 e. The average Bonchev–Trinajstić information content (AvgIpc) is 2.94. The van der Waals surface area contributed by atoms with Gasteiger partial charge in [-0.2, -0.15) is 0 Å². The Labute approximate surface area is 114 Å². The summed E-state index contributed by atoms with van der Waals surface area (Å²) >= 11 is 1.15. The van der Waals surface area contributed by atoms with Crippen LogP contribution in [0, 0.1) is 0 Å². The second-order valence-corrected chi connectivity index (χ2v) is 5.29. The minimum absolute atomic E-state index is 0.0428. The molecule has 8 heteroatoms. The number of carbonyl (C=O) groups excluding carboxylic acids is 1. The van der Waals surface area contributed by atoms with Crippen molar-refractivity contribution in [2.75, 3.05) is 5.75 Å². The highest BCUT2D eigenvalue weighted by Gasteiger charge is 2.23. The Balaban J connectivity index is 2.09. The molecule has 1 aliphatic heterocycles. The lowest BCUT2D eigenvalue weighted by Gasteiger charge is -2.14. The summed E-state index contributed by atoms with van der Waals surface area (Å²) in [6, 6.07) is 0.0815. The van der Waals surface area contributed by atoms with Crippen LogP contribution < -0.4 is 5.32 Å². The van der Waals surface area contributed by atoms with E-state index in [1.165, 1.54) is 0 Å². The molecule has 2 heterocycles. The van der Waals surface area contributed by atoms with Gasteiger partial charge in [0.2, 0.25) is 5.91 Å². The molecule has 1 fully saturated rings. The second kappa shape index (κ2) is 6.05. The van der Waals surface area contributed by atoms with Crippen molar-refractivity contribution in [1.29, 1.82) is 0 Å². The number of thioether (sulfide) groups is 1. The zero-order chi connectivity index (χ0) is 13.8. The quantitative estimate of drug-likeness (QED) is 0.729. The lowest BCUT2D eigenvalue weighted by molar-refractivity contribution is -0.133. The van der Waals surface area contributed by atoms with Gasteiger partial charge in [-0.25, -0.2) is 0 Å². The summed E-state index contributed by atoms with van der Waals surface area (Å²) < 4.78 is 1.91. The molecule has 0 radical (unpaired) electrons. The minimum atomic E-state index is -0.883. The van der Waals surface area contributed by atoms with E-state index in [-0.39, 0.29) is 17.7 Å². The molecule has 19 heavy (non-hydrogen) atoms. The van der Waals surface area contributed by atoms with Crippen LogP contribution in [0.25, 0.3) is 0 Å². The van der Waals surface area contributed by atoms with E-state index in [9.17, 15) is 9.59 Å². The molecule has 1 aromatic rings. The summed E-state index contributed by atoms with van der Waals surface area (Å²) in [5.41, 5.74) is 0. The van der Waals surface area contributed by atoms with Crippen molar-refractivity contribution in [2.45, 2.75) is 43.9 Å². The zero-order valence-corrected chi connectivity index (χ0v) is 11.4. The van der Waals surface area contributed by atoms with Crippen molar-refractivity contribution in [3.8, 4) is 0 Å². The Hall–Kier alpha value is -1.57. The Bertz CT molecular complexity index is 488. The number of aliphatic carboxylic acids is 1. The van der Waals surface area contributed by atoms with Gasteiger partial charge in [0, 0.05) is 25.4 Å². The monoisotopic (exact) mass is 284 g/mol. The van der Waals surface area contributed by atoms with Crippen LogP contribution in [0.5, 0.6) is 0 Å². The van der Waals surface area contributed by atoms with Gasteiger partial charge in [0.25, 0.3) is 0 Å². The first-order valence-electron chi connectivity index (χ1n) is 6.16. The molecule has 1 saturated heterocycles. The van der Waals surface area contributed by atoms with Crippen LogP contribution in [0.4, 0.5) is 0 Å². The highest BCUT2D eigenvalue weighted by molar-refractivity contribution is 7.99. The number of nitrogens with one attached hydrogen (secondary N) is 1. The molecule has 0 aromatic carbocycles. The number of carbonyl (C=O) groups is 2. The van der Waals surface area contributed by atoms with Gasteiger partial charge >= 0.3 is 5.97 Å². The molecule has 0 aliphatic carbocycles. The zero-order valence-electron chi connectivity index (χ0n) is 10.6. The highest BCUT2D eigenvalue weighted by atomic mass is 32.2. The van der Waals surface area contributed by atoms with E-state index >= 15 is 0 Å². The number of rotatable bonds is 6. The van der Waals surface area contributed by atoms with Gasteiger partial charge in [0.05, 0.1) is 5.75 Å². The van der Waals surface area contributed by atoms with Gasteiger partial charge in [0.15, 0.2) is 5.16 Å². The van der Waals surface area contributed by atoms with Gasteiger partial charge in [-0.05, 0) is 6.42 Å². The lowest BCUT2D eigenvalue weighted by Crippen LogP contribution is -2.30. The molecular formula is C11H16N4O3S. The Morgan fingerprint density at radius 2 is 2.37 bits per heavy atom. The molecule has 1 atom stereocenters. The second-order valence-electron chi connectivity index (χ2n) is 4.35. The molecule has 0 spiro atoms. The number of nitrogens with zero attached hydrogens (tertiary/aromatic N) is 3. The van der Waals surface area contributed by atoms with Crippen molar-refractivity contribution >= 4 is 23.6 Å².